The molecule has 0 unspecified atom stereocenters. The van der Waals surface area contributed by atoms with Gasteiger partial charge in [-0.1, -0.05) is 24.3 Å². The Morgan fingerprint density at radius 2 is 2.25 bits per heavy atom. The highest BCUT2D eigenvalue weighted by Gasteiger charge is 2.23. The summed E-state index contributed by atoms with van der Waals surface area (Å²) in [5, 5.41) is 0.147. The molecule has 2 rings (SSSR count). The number of halogens is 1. The molecule has 20 heavy (non-hydrogen) atoms. The Kier molecular flexibility index (Phi) is 5.65. The topological polar surface area (TPSA) is 20.3 Å². The molecule has 1 aliphatic heterocycles. The Balaban J connectivity index is 1.97. The third kappa shape index (κ3) is 3.85. The Labute approximate surface area is 124 Å². The lowest BCUT2D eigenvalue weighted by atomic mass is 10.1. The molecule has 0 spiro atoms. The smallest absolute Gasteiger partial charge is 0.222 e. The molecule has 1 aromatic rings. The minimum Gasteiger partial charge on any atom is -0.342 e. The number of rotatable bonds is 4. The molecule has 0 bridgehead atoms. The van der Waals surface area contributed by atoms with Crippen molar-refractivity contribution in [1.29, 1.82) is 0 Å². The average molecular weight is 293 g/mol. The number of thioether (sulfide) groups is 1. The molecule has 1 heterocycles. The van der Waals surface area contributed by atoms with Crippen LogP contribution in [0.4, 0.5) is 4.39 Å². The van der Waals surface area contributed by atoms with E-state index in [9.17, 15) is 9.18 Å². The van der Waals surface area contributed by atoms with E-state index in [0.717, 1.165) is 30.7 Å². The third-order valence-electron chi connectivity index (χ3n) is 3.51. The first-order chi connectivity index (χ1) is 9.72. The highest BCUT2D eigenvalue weighted by molar-refractivity contribution is 7.99. The van der Waals surface area contributed by atoms with Crippen LogP contribution in [0.5, 0.6) is 0 Å². The quantitative estimate of drug-likeness (QED) is 0.787. The van der Waals surface area contributed by atoms with Crippen LogP contribution < -0.4 is 0 Å². The van der Waals surface area contributed by atoms with Crippen LogP contribution in [0, 0.1) is 5.82 Å². The first-order valence-corrected chi connectivity index (χ1v) is 8.02. The molecule has 0 radical (unpaired) electrons. The molecule has 1 atom stereocenters. The van der Waals surface area contributed by atoms with Crippen LogP contribution in [0.3, 0.4) is 0 Å². The van der Waals surface area contributed by atoms with Crippen LogP contribution in [-0.2, 0) is 4.79 Å². The zero-order chi connectivity index (χ0) is 14.4. The van der Waals surface area contributed by atoms with Crippen molar-refractivity contribution in [2.24, 2.45) is 0 Å². The van der Waals surface area contributed by atoms with Gasteiger partial charge in [-0.3, -0.25) is 4.79 Å². The standard InChI is InChI=1S/C16H20FNOS/c1-2-3-8-16(19)18-10-9-15(20-12-11-18)13-6-4-5-7-14(13)17/h2,4-7,15H,1,3,8-12H2/t15-/m0/s1. The molecular weight excluding hydrogens is 273 g/mol. The maximum Gasteiger partial charge on any atom is 0.222 e. The number of hydrogen-bond acceptors (Lipinski definition) is 2. The molecule has 0 aliphatic carbocycles. The summed E-state index contributed by atoms with van der Waals surface area (Å²) in [4.78, 5) is 13.9. The summed E-state index contributed by atoms with van der Waals surface area (Å²) < 4.78 is 13.8. The van der Waals surface area contributed by atoms with Gasteiger partial charge in [0.25, 0.3) is 0 Å². The highest BCUT2D eigenvalue weighted by atomic mass is 32.2. The molecule has 108 valence electrons. The molecule has 1 amide bonds. The maximum absolute atomic E-state index is 13.8. The van der Waals surface area contributed by atoms with Crippen molar-refractivity contribution in [2.75, 3.05) is 18.8 Å². The second-order valence-corrected chi connectivity index (χ2v) is 6.19. The van der Waals surface area contributed by atoms with Gasteiger partial charge in [0.05, 0.1) is 0 Å². The fourth-order valence-electron chi connectivity index (χ4n) is 2.39. The van der Waals surface area contributed by atoms with Crippen molar-refractivity contribution in [3.05, 3.63) is 48.3 Å². The van der Waals surface area contributed by atoms with Gasteiger partial charge in [-0.2, -0.15) is 11.8 Å². The van der Waals surface area contributed by atoms with Crippen LogP contribution in [-0.4, -0.2) is 29.6 Å². The van der Waals surface area contributed by atoms with Crippen LogP contribution in [0.15, 0.2) is 36.9 Å². The average Bonchev–Trinajstić information content (AvgIpc) is 2.71. The van der Waals surface area contributed by atoms with Gasteiger partial charge < -0.3 is 4.90 Å². The van der Waals surface area contributed by atoms with E-state index >= 15 is 0 Å². The van der Waals surface area contributed by atoms with Gasteiger partial charge in [-0.15, -0.1) is 6.58 Å². The predicted octanol–water partition coefficient (Wildman–Crippen LogP) is 3.80. The summed E-state index contributed by atoms with van der Waals surface area (Å²) in [6, 6.07) is 6.94. The van der Waals surface area contributed by atoms with Gasteiger partial charge in [0.2, 0.25) is 5.91 Å². The van der Waals surface area contributed by atoms with Crippen molar-refractivity contribution in [3.63, 3.8) is 0 Å². The van der Waals surface area contributed by atoms with Crippen LogP contribution in [0.25, 0.3) is 0 Å². The second kappa shape index (κ2) is 7.48. The summed E-state index contributed by atoms with van der Waals surface area (Å²) in [7, 11) is 0. The third-order valence-corrected chi connectivity index (χ3v) is 4.82. The minimum absolute atomic E-state index is 0.142. The molecule has 0 saturated carbocycles. The Morgan fingerprint density at radius 3 is 3.00 bits per heavy atom. The molecule has 4 heteroatoms. The van der Waals surface area contributed by atoms with Crippen molar-refractivity contribution in [1.82, 2.24) is 4.90 Å². The van der Waals surface area contributed by atoms with Crippen molar-refractivity contribution in [2.45, 2.75) is 24.5 Å². The molecule has 2 nitrogen and oxygen atoms in total. The van der Waals surface area contributed by atoms with E-state index in [0.29, 0.717) is 13.0 Å². The van der Waals surface area contributed by atoms with Crippen LogP contribution in [0.2, 0.25) is 0 Å². The Hall–Kier alpha value is -1.29. The molecule has 1 fully saturated rings. The van der Waals surface area contributed by atoms with Crippen LogP contribution >= 0.6 is 11.8 Å². The lowest BCUT2D eigenvalue weighted by Crippen LogP contribution is -2.32. The van der Waals surface area contributed by atoms with Gasteiger partial charge in [0, 0.05) is 36.1 Å². The minimum atomic E-state index is -0.142. The zero-order valence-corrected chi connectivity index (χ0v) is 12.4. The summed E-state index contributed by atoms with van der Waals surface area (Å²) >= 11 is 1.74. The summed E-state index contributed by atoms with van der Waals surface area (Å²) in [6.07, 6.45) is 3.83. The predicted molar refractivity (Wildman–Crippen MR) is 82.2 cm³/mol. The van der Waals surface area contributed by atoms with Gasteiger partial charge in [0.1, 0.15) is 5.82 Å². The number of nitrogens with zero attached hydrogens (tertiary/aromatic N) is 1. The molecule has 1 saturated heterocycles. The zero-order valence-electron chi connectivity index (χ0n) is 11.6. The SMILES string of the molecule is C=CCCC(=O)N1CCS[C@H](c2ccccc2F)CC1. The number of allylic oxidation sites excluding steroid dienone is 1. The molecule has 1 aromatic carbocycles. The van der Waals surface area contributed by atoms with Gasteiger partial charge >= 0.3 is 0 Å². The number of hydrogen-bond donors (Lipinski definition) is 0. The van der Waals surface area contributed by atoms with E-state index < -0.39 is 0 Å². The normalized spacial score (nSPS) is 19.4. The number of amides is 1. The van der Waals surface area contributed by atoms with E-state index in [1.165, 1.54) is 6.07 Å². The van der Waals surface area contributed by atoms with E-state index in [1.54, 1.807) is 23.9 Å². The lowest BCUT2D eigenvalue weighted by molar-refractivity contribution is -0.130. The highest BCUT2D eigenvalue weighted by Crippen LogP contribution is 2.35. The Morgan fingerprint density at radius 1 is 1.45 bits per heavy atom. The van der Waals surface area contributed by atoms with E-state index in [4.69, 9.17) is 0 Å². The van der Waals surface area contributed by atoms with Crippen molar-refractivity contribution < 1.29 is 9.18 Å². The second-order valence-electron chi connectivity index (χ2n) is 4.88. The van der Waals surface area contributed by atoms with Gasteiger partial charge in [-0.25, -0.2) is 4.39 Å². The fourth-order valence-corrected chi connectivity index (χ4v) is 3.64. The number of benzene rings is 1. The molecular formula is C16H20FNOS. The summed E-state index contributed by atoms with van der Waals surface area (Å²) in [6.45, 7) is 5.11. The molecule has 1 aliphatic rings. The number of carbonyl (C=O) groups is 1. The monoisotopic (exact) mass is 293 g/mol. The van der Waals surface area contributed by atoms with Crippen molar-refractivity contribution in [3.8, 4) is 0 Å². The van der Waals surface area contributed by atoms with E-state index in [1.807, 2.05) is 17.0 Å². The Bertz CT molecular complexity index is 477. The molecule has 0 aromatic heterocycles. The first kappa shape index (κ1) is 15.1. The fraction of sp³-hybridized carbons (Fsp3) is 0.438. The maximum atomic E-state index is 13.8. The summed E-state index contributed by atoms with van der Waals surface area (Å²) in [5.41, 5.74) is 0.762. The van der Waals surface area contributed by atoms with Gasteiger partial charge in [-0.05, 0) is 18.9 Å². The lowest BCUT2D eigenvalue weighted by Gasteiger charge is -2.20. The van der Waals surface area contributed by atoms with E-state index in [-0.39, 0.29) is 17.0 Å². The largest absolute Gasteiger partial charge is 0.342 e. The van der Waals surface area contributed by atoms with Crippen molar-refractivity contribution >= 4 is 17.7 Å². The summed E-state index contributed by atoms with van der Waals surface area (Å²) in [5.74, 6) is 0.898. The molecule has 0 N–H and O–H groups in total. The van der Waals surface area contributed by atoms with Crippen LogP contribution in [0.1, 0.15) is 30.1 Å². The first-order valence-electron chi connectivity index (χ1n) is 6.97. The van der Waals surface area contributed by atoms with Gasteiger partial charge in [0.15, 0.2) is 0 Å². The number of carbonyl (C=O) groups excluding carboxylic acids is 1. The van der Waals surface area contributed by atoms with E-state index in [2.05, 4.69) is 6.58 Å².